The fraction of sp³-hybridized carbons (Fsp3) is 0.482. The highest BCUT2D eigenvalue weighted by Gasteiger charge is 2.34. The third-order valence-electron chi connectivity index (χ3n) is 20.0. The van der Waals surface area contributed by atoms with Crippen molar-refractivity contribution >= 4 is 163 Å². The molecule has 0 spiro atoms. The van der Waals surface area contributed by atoms with Gasteiger partial charge in [0, 0.05) is 67.8 Å². The number of nitrogens with one attached hydrogen (secondary N) is 7. The molecule has 0 aliphatic heterocycles. The van der Waals surface area contributed by atoms with Crippen LogP contribution in [0.5, 0.6) is 5.75 Å². The van der Waals surface area contributed by atoms with E-state index in [4.69, 9.17) is 33.4 Å². The predicted molar refractivity (Wildman–Crippen MR) is 522 cm³/mol. The van der Waals surface area contributed by atoms with Crippen LogP contribution in [0.1, 0.15) is 100 Å². The van der Waals surface area contributed by atoms with E-state index in [-0.39, 0.29) is 87.9 Å². The highest BCUT2D eigenvalue weighted by molar-refractivity contribution is 7.98. The summed E-state index contributed by atoms with van der Waals surface area (Å²) in [6.45, 7) is -0.0423. The van der Waals surface area contributed by atoms with E-state index >= 15 is 0 Å². The average molecular weight is 1990 g/mol. The lowest BCUT2D eigenvalue weighted by atomic mass is 9.99. The van der Waals surface area contributed by atoms with E-state index in [2.05, 4.69) is 99.7 Å². The third-order valence-corrected chi connectivity index (χ3v) is 21.7. The molecule has 0 radical (unpaired) electrons. The number of aromatic nitrogens is 3. The summed E-state index contributed by atoms with van der Waals surface area (Å²) in [7, 11) is -5.10. The Kier molecular flexibility index (Phi) is 48.2. The molecule has 0 saturated heterocycles. The molecule has 5 aromatic rings. The van der Waals surface area contributed by atoms with Crippen molar-refractivity contribution in [3.8, 4) is 5.75 Å². The van der Waals surface area contributed by atoms with Crippen LogP contribution >= 0.6 is 23.5 Å². The number of hydrogen-bond donors (Lipinski definition) is 30. The molecule has 756 valence electrons. The second kappa shape index (κ2) is 58.2. The van der Waals surface area contributed by atoms with Gasteiger partial charge in [-0.05, 0) is 109 Å². The number of imidazole rings is 1. The first-order valence-electron chi connectivity index (χ1n) is 42.4. The monoisotopic (exact) mass is 1990 g/mol. The number of aliphatic imine (C=N–C) groups is 14. The van der Waals surface area contributed by atoms with Crippen LogP contribution in [0.25, 0.3) is 10.9 Å². The fourth-order valence-corrected chi connectivity index (χ4v) is 13.9. The first kappa shape index (κ1) is 114. The van der Waals surface area contributed by atoms with Crippen molar-refractivity contribution in [3.05, 3.63) is 120 Å². The number of nitrogens with zero attached hydrogens (tertiary/aromatic N) is 15. The predicted octanol–water partition coefficient (Wildman–Crippen LogP) is 3.68. The molecule has 2 heterocycles. The van der Waals surface area contributed by atoms with Crippen molar-refractivity contribution in [1.82, 2.24) is 25.6 Å². The minimum absolute atomic E-state index is 0.0166. The molecule has 3 aromatic carbocycles. The second-order valence-corrected chi connectivity index (χ2v) is 33.6. The van der Waals surface area contributed by atoms with Crippen LogP contribution in [0.3, 0.4) is 0 Å². The van der Waals surface area contributed by atoms with E-state index < -0.39 is 277 Å². The Morgan fingerprint density at radius 3 is 1.35 bits per heavy atom. The number of benzene rings is 3. The number of fused-ring (bicyclic) bond motifs is 1. The molecule has 0 bridgehead atoms. The van der Waals surface area contributed by atoms with Crippen LogP contribution in [0.2, 0.25) is 0 Å². The van der Waals surface area contributed by atoms with Crippen LogP contribution in [0.4, 0.5) is 0 Å². The van der Waals surface area contributed by atoms with E-state index in [1.54, 1.807) is 80.2 Å². The van der Waals surface area contributed by atoms with Gasteiger partial charge in [0.25, 0.3) is 0 Å². The van der Waals surface area contributed by atoms with Gasteiger partial charge in [0.2, 0.25) is 82.6 Å². The normalized spacial score (nSPS) is 17.0. The maximum Gasteiger partial charge on any atom is 0.446 e. The van der Waals surface area contributed by atoms with E-state index in [1.165, 1.54) is 55.1 Å². The molecule has 55 heteroatoms. The molecule has 52 nitrogen and oxygen atoms in total. The number of guanidine groups is 2. The molecule has 0 unspecified atom stereocenters. The van der Waals surface area contributed by atoms with Crippen molar-refractivity contribution in [3.63, 3.8) is 0 Å². The number of carbonyl (C=O) groups is 3. The van der Waals surface area contributed by atoms with Gasteiger partial charge in [-0.3, -0.25) is 40.2 Å². The lowest BCUT2D eigenvalue weighted by Gasteiger charge is -2.21. The summed E-state index contributed by atoms with van der Waals surface area (Å²) in [6, 6.07) is -4.75. The number of carboxylic acids is 3. The summed E-state index contributed by atoms with van der Waals surface area (Å²) in [5.74, 6) is -22.7. The number of rotatable bonds is 63. The van der Waals surface area contributed by atoms with Crippen LogP contribution in [-0.2, 0) is 50.5 Å². The lowest BCUT2D eigenvalue weighted by molar-refractivity contribution is -0.217. The van der Waals surface area contributed by atoms with Crippen LogP contribution in [0, 0.1) is 22.1 Å². The summed E-state index contributed by atoms with van der Waals surface area (Å²) < 4.78 is 37.3. The van der Waals surface area contributed by atoms with Gasteiger partial charge in [0.1, 0.15) is 84.3 Å². The molecule has 0 fully saturated rings. The van der Waals surface area contributed by atoms with Gasteiger partial charge < -0.3 is 144 Å². The summed E-state index contributed by atoms with van der Waals surface area (Å²) in [5.41, 5.74) is 18.9. The van der Waals surface area contributed by atoms with Gasteiger partial charge in [-0.1, -0.05) is 80.9 Å². The number of carboxylic acid groups (broad SMARTS) is 3. The molecule has 0 amide bonds. The summed E-state index contributed by atoms with van der Waals surface area (Å²) in [6.07, 6.45) is 1.85. The smallest absolute Gasteiger partial charge is 0.446 e. The van der Waals surface area contributed by atoms with Gasteiger partial charge in [-0.15, -0.1) is 0 Å². The largest absolute Gasteiger partial charge is 0.861 e. The van der Waals surface area contributed by atoms with Gasteiger partial charge in [-0.25, -0.2) is 69.9 Å². The lowest BCUT2D eigenvalue weighted by Crippen LogP contribution is -2.37. The molecule has 0 saturated carbocycles. The average Bonchev–Trinajstić information content (AvgIpc) is 1.65. The van der Waals surface area contributed by atoms with Gasteiger partial charge in [0.05, 0.1) is 45.3 Å². The highest BCUT2D eigenvalue weighted by Crippen LogP contribution is 2.25. The topological polar surface area (TPSA) is 913 Å². The molecule has 2 aromatic heterocycles. The molecule has 15 atom stereocenters. The number of H-pyrrole nitrogens is 2. The zero-order chi connectivity index (χ0) is 102. The summed E-state index contributed by atoms with van der Waals surface area (Å²) in [4.78, 5) is 105. The number of nitrogens with two attached hydrogens (primary N) is 3. The molecule has 5 rings (SSSR count). The SMILES string of the molecule is CC[C@H](C)[C@H](N=C(O)[C@H](CCCNC(=N)N)N=C(O)[C@H](Cc1cnc[nH]1)N=C(O)[C@@H](N)CO)C(O)=N[C@@H](CO)C(O)=N[C@@H](CC(=O)O)C(O)=N[C@@H](CCCNC(=N)N)C(O)=N[C@@H](CC(=O)O)C(O)=N[C@@H](Cc1ccc(OS(=O)(=O)O)cc1)C(O)=N[C@@H](CCSC)C(O)=NCC([O-])=N[C@@H](Cc1c[nH]c2ccccc12)C(O)=N[C@@H](CCSC)C(O)=N[C@@H](CC(=O)O)C(O)=N[C@@H](Cc1ccccc1)C(=N)O. The van der Waals surface area contributed by atoms with E-state index in [9.17, 15) is 129 Å². The van der Waals surface area contributed by atoms with Gasteiger partial charge in [0.15, 0.2) is 18.0 Å². The molecular formula is C83H118N25O27S3-. The number of aliphatic hydroxyl groups excluding tert-OH is 16. The third kappa shape index (κ3) is 40.7. The Bertz CT molecular complexity index is 5410. The number of para-hydroxylation sites is 1. The number of aromatic amines is 2. The van der Waals surface area contributed by atoms with Crippen LogP contribution < -0.4 is 37.1 Å². The molecular weight excluding hydrogens is 1880 g/mol. The Labute approximate surface area is 798 Å². The molecule has 138 heavy (non-hydrogen) atoms. The Morgan fingerprint density at radius 1 is 0.486 bits per heavy atom. The van der Waals surface area contributed by atoms with Crippen molar-refractivity contribution in [2.24, 2.45) is 93.0 Å². The molecule has 0 aliphatic rings. The maximum absolute atomic E-state index is 14.2. The quantitative estimate of drug-likeness (QED) is 0.0114. The Morgan fingerprint density at radius 2 is 0.891 bits per heavy atom. The minimum atomic E-state index is -5.10. The highest BCUT2D eigenvalue weighted by atomic mass is 32.3. The fourth-order valence-electron chi connectivity index (χ4n) is 12.7. The van der Waals surface area contributed by atoms with E-state index in [1.807, 2.05) is 0 Å². The van der Waals surface area contributed by atoms with Crippen molar-refractivity contribution in [1.29, 1.82) is 16.2 Å². The minimum Gasteiger partial charge on any atom is -0.861 e. The van der Waals surface area contributed by atoms with Crippen LogP contribution in [0.15, 0.2) is 167 Å². The number of hydrogen-bond acceptors (Lipinski definition) is 30. The Balaban J connectivity index is 1.63. The maximum atomic E-state index is 14.2. The number of aliphatic hydroxyl groups is 16. The first-order chi connectivity index (χ1) is 65.3. The second-order valence-electron chi connectivity index (χ2n) is 30.6. The van der Waals surface area contributed by atoms with Gasteiger partial charge >= 0.3 is 28.3 Å². The zero-order valence-corrected chi connectivity index (χ0v) is 77.7. The number of thioether (sulfide) groups is 2. The number of aliphatic carboxylic acids is 3. The van der Waals surface area contributed by atoms with Crippen LogP contribution in [-0.4, -0.2) is 385 Å². The van der Waals surface area contributed by atoms with Gasteiger partial charge in [-0.2, -0.15) is 31.9 Å². The van der Waals surface area contributed by atoms with Crippen molar-refractivity contribution in [2.45, 2.75) is 188 Å². The van der Waals surface area contributed by atoms with Crippen molar-refractivity contribution < 1.29 is 134 Å². The Hall–Kier alpha value is -14.3. The standard InChI is InChI=1S/C83H119N25O27S3/c1-5-42(2)67(108-73(123)52(18-12-26-92-83(88)89)98-76(126)58(32-46-37-90-41-95-46)102-69(119)49(84)39-109)81(131)107-62(40-110)80(130)106-59(33-64(112)113)77(127)97-51(17-11-25-91-82(86)87)71(121)104-61(35-66(116)117)79(129)103-56(30-44-19-21-47(22-20-44)135-138(132,133)134)74(124)99-53(23-27-136-3)70(120)94-38-63(111)96-57(31-45-36-93-50-16-10-9-15-48(45)50)75(125)100-54(24-28-137-4)72(122)105-60(34-65(114)115)78(128)101-55(68(85)118)29-43-13-7-6-8-14-43/h6-10,13-16,19-22,36-37,41-42,49,51-62,67,93,109-110H,5,11-12,17-18,23-35,38-40,84H2,1-4H3,(H2,85,118)(H,90,95)(H,94,120)(H,96,111)(H,97,127)(H,98,126)(H,99,124)(H,100,125)(H,101,128)(H,102,119)(H,103,129)(H,104,121)(H,105,122)(H,106,130)(H,107,131)(H,108,123)(H,112,113)(H,114,115)(H,116,117)(H4,86,87,91)(H4,88,89,92)(H,132,133,134)/p-1/t42-,49-,51-,52-,53-,54-,55-,56-,57-,58-,59-,60-,61-,62-,67-/m0/s1. The molecule has 0 aliphatic carbocycles. The first-order valence-corrected chi connectivity index (χ1v) is 46.5. The molecule has 33 N–H and O–H groups in total. The van der Waals surface area contributed by atoms with Crippen molar-refractivity contribution in [2.75, 3.05) is 56.9 Å². The summed E-state index contributed by atoms with van der Waals surface area (Å²) >= 11 is 2.45. The van der Waals surface area contributed by atoms with E-state index in [0.717, 1.165) is 12.1 Å². The van der Waals surface area contributed by atoms with E-state index in [0.29, 0.717) is 27.7 Å². The summed E-state index contributed by atoms with van der Waals surface area (Å²) in [5, 5.41) is 256. The zero-order valence-electron chi connectivity index (χ0n) is 75.2.